The average molecular weight is 492 g/mol. The highest BCUT2D eigenvalue weighted by Crippen LogP contribution is 2.23. The Labute approximate surface area is 202 Å². The molecule has 8 nitrogen and oxygen atoms in total. The lowest BCUT2D eigenvalue weighted by atomic mass is 10.0. The molecule has 0 aromatic heterocycles. The first-order valence-corrected chi connectivity index (χ1v) is 12.8. The number of nitrogens with two attached hydrogens (primary N) is 1. The van der Waals surface area contributed by atoms with Gasteiger partial charge in [0.2, 0.25) is 0 Å². The van der Waals surface area contributed by atoms with Gasteiger partial charge >= 0.3 is 6.09 Å². The number of alkyl carbamates (subject to hydrolysis) is 1. The largest absolute Gasteiger partial charge is 0.444 e. The lowest BCUT2D eigenvalue weighted by Crippen LogP contribution is -2.53. The van der Waals surface area contributed by atoms with Crippen LogP contribution in [0.4, 0.5) is 10.5 Å². The van der Waals surface area contributed by atoms with Crippen molar-refractivity contribution >= 4 is 21.6 Å². The second kappa shape index (κ2) is 11.2. The normalized spacial score (nSPS) is 14.3. The van der Waals surface area contributed by atoms with Crippen molar-refractivity contribution in [2.45, 2.75) is 75.0 Å². The van der Waals surface area contributed by atoms with Crippen LogP contribution in [0.3, 0.4) is 0 Å². The summed E-state index contributed by atoms with van der Waals surface area (Å²) in [5, 5.41) is 15.3. The van der Waals surface area contributed by atoms with E-state index < -0.39 is 32.5 Å². The zero-order valence-corrected chi connectivity index (χ0v) is 21.4. The molecule has 0 saturated heterocycles. The Morgan fingerprint density at radius 1 is 1.03 bits per heavy atom. The molecule has 1 unspecified atom stereocenters. The minimum Gasteiger partial charge on any atom is -0.444 e. The van der Waals surface area contributed by atoms with Gasteiger partial charge < -0.3 is 20.9 Å². The highest BCUT2D eigenvalue weighted by Gasteiger charge is 2.39. The van der Waals surface area contributed by atoms with E-state index in [-0.39, 0.29) is 17.5 Å². The molecule has 0 spiro atoms. The van der Waals surface area contributed by atoms with Crippen molar-refractivity contribution < 1.29 is 23.1 Å². The first-order valence-electron chi connectivity index (χ1n) is 11.3. The molecule has 188 valence electrons. The van der Waals surface area contributed by atoms with Gasteiger partial charge in [0.05, 0.1) is 10.5 Å². The molecule has 2 rings (SSSR count). The molecule has 0 saturated carbocycles. The third-order valence-corrected chi connectivity index (χ3v) is 7.32. The van der Waals surface area contributed by atoms with Crippen LogP contribution in [0.5, 0.6) is 0 Å². The first-order chi connectivity index (χ1) is 15.7. The van der Waals surface area contributed by atoms with Crippen molar-refractivity contribution in [1.29, 1.82) is 0 Å². The molecule has 9 heteroatoms. The second-order valence-corrected chi connectivity index (χ2v) is 12.0. The molecule has 0 aliphatic carbocycles. The van der Waals surface area contributed by atoms with Crippen LogP contribution in [0.1, 0.15) is 46.6 Å². The summed E-state index contributed by atoms with van der Waals surface area (Å²) in [5.74, 6) is 0. The minimum atomic E-state index is -3.91. The van der Waals surface area contributed by atoms with Gasteiger partial charge in [-0.2, -0.15) is 0 Å². The van der Waals surface area contributed by atoms with Crippen molar-refractivity contribution in [3.05, 3.63) is 60.2 Å². The van der Waals surface area contributed by atoms with E-state index in [0.29, 0.717) is 18.5 Å². The van der Waals surface area contributed by atoms with E-state index in [1.54, 1.807) is 20.8 Å². The molecule has 0 radical (unpaired) electrons. The number of nitrogens with one attached hydrogen (secondary N) is 2. The molecule has 1 amide bonds. The maximum absolute atomic E-state index is 13.2. The van der Waals surface area contributed by atoms with E-state index in [4.69, 9.17) is 10.5 Å². The van der Waals surface area contributed by atoms with Gasteiger partial charge in [-0.15, -0.1) is 0 Å². The minimum absolute atomic E-state index is 0.0639. The van der Waals surface area contributed by atoms with Crippen LogP contribution >= 0.6 is 0 Å². The summed E-state index contributed by atoms with van der Waals surface area (Å²) in [6, 6.07) is 15.2. The molecule has 0 bridgehead atoms. The summed E-state index contributed by atoms with van der Waals surface area (Å²) >= 11 is 0. The number of sulfone groups is 1. The number of benzene rings is 2. The quantitative estimate of drug-likeness (QED) is 0.375. The van der Waals surface area contributed by atoms with Crippen LogP contribution in [-0.2, 0) is 21.0 Å². The van der Waals surface area contributed by atoms with Crippen LogP contribution in [0, 0.1) is 0 Å². The predicted octanol–water partition coefficient (Wildman–Crippen LogP) is 3.26. The van der Waals surface area contributed by atoms with Crippen molar-refractivity contribution in [3.63, 3.8) is 0 Å². The molecule has 0 fully saturated rings. The molecule has 0 heterocycles. The predicted molar refractivity (Wildman–Crippen MR) is 134 cm³/mol. The number of ether oxygens (including phenoxy) is 1. The van der Waals surface area contributed by atoms with Gasteiger partial charge in [-0.05, 0) is 83.8 Å². The average Bonchev–Trinajstić information content (AvgIpc) is 2.69. The van der Waals surface area contributed by atoms with Gasteiger partial charge in [-0.3, -0.25) is 5.32 Å². The SMILES string of the molecule is CC(C)(C)OC(=O)N[C@H](CCNC(C(C)(C)O)S(=O)(=O)c1ccc(N)cc1)Cc1ccccc1. The Morgan fingerprint density at radius 2 is 1.62 bits per heavy atom. The third-order valence-electron chi connectivity index (χ3n) is 5.03. The Balaban J connectivity index is 2.15. The summed E-state index contributed by atoms with van der Waals surface area (Å²) in [5.41, 5.74) is 4.95. The first kappa shape index (κ1) is 27.6. The van der Waals surface area contributed by atoms with Gasteiger partial charge in [-0.25, -0.2) is 13.2 Å². The van der Waals surface area contributed by atoms with Gasteiger partial charge in [0.25, 0.3) is 0 Å². The summed E-state index contributed by atoms with van der Waals surface area (Å²) in [6.45, 7) is 8.49. The van der Waals surface area contributed by atoms with Crippen LogP contribution in [0.15, 0.2) is 59.5 Å². The summed E-state index contributed by atoms with van der Waals surface area (Å²) in [6.07, 6.45) is 0.416. The highest BCUT2D eigenvalue weighted by atomic mass is 32.2. The number of carbonyl (C=O) groups excluding carboxylic acids is 1. The van der Waals surface area contributed by atoms with Crippen molar-refractivity contribution in [2.75, 3.05) is 12.3 Å². The zero-order valence-electron chi connectivity index (χ0n) is 20.5. The van der Waals surface area contributed by atoms with E-state index in [0.717, 1.165) is 5.56 Å². The molecular weight excluding hydrogens is 454 g/mol. The summed E-state index contributed by atoms with van der Waals surface area (Å²) in [7, 11) is -3.91. The molecule has 0 aliphatic rings. The van der Waals surface area contributed by atoms with Crippen LogP contribution in [0.25, 0.3) is 0 Å². The summed E-state index contributed by atoms with van der Waals surface area (Å²) in [4.78, 5) is 12.5. The van der Waals surface area contributed by atoms with Crippen LogP contribution in [0.2, 0.25) is 0 Å². The lowest BCUT2D eigenvalue weighted by Gasteiger charge is -2.31. The monoisotopic (exact) mass is 491 g/mol. The van der Waals surface area contributed by atoms with Crippen molar-refractivity contribution in [2.24, 2.45) is 0 Å². The third kappa shape index (κ3) is 8.62. The van der Waals surface area contributed by atoms with Crippen molar-refractivity contribution in [3.8, 4) is 0 Å². The molecule has 2 aromatic rings. The molecule has 34 heavy (non-hydrogen) atoms. The van der Waals surface area contributed by atoms with E-state index >= 15 is 0 Å². The standard InChI is InChI=1S/C25H37N3O5S/c1-24(2,3)33-23(29)28-20(17-18-9-7-6-8-10-18)15-16-27-22(25(4,5)30)34(31,32)21-13-11-19(26)12-14-21/h6-14,20,22,27,30H,15-17,26H2,1-5H3,(H,28,29)/t20-,22?/m1/s1. The number of amides is 1. The van der Waals surface area contributed by atoms with Gasteiger partial charge in [0.15, 0.2) is 9.84 Å². The molecule has 2 aromatic carbocycles. The topological polar surface area (TPSA) is 131 Å². The van der Waals surface area contributed by atoms with Crippen LogP contribution < -0.4 is 16.4 Å². The highest BCUT2D eigenvalue weighted by molar-refractivity contribution is 7.92. The summed E-state index contributed by atoms with van der Waals surface area (Å²) < 4.78 is 31.9. The number of anilines is 1. The van der Waals surface area contributed by atoms with Gasteiger partial charge in [-0.1, -0.05) is 30.3 Å². The number of carbonyl (C=O) groups is 1. The fraction of sp³-hybridized carbons (Fsp3) is 0.480. The second-order valence-electron chi connectivity index (χ2n) is 9.92. The van der Waals surface area contributed by atoms with Crippen LogP contribution in [-0.4, -0.2) is 48.8 Å². The number of hydrogen-bond donors (Lipinski definition) is 4. The molecule has 5 N–H and O–H groups in total. The molecule has 2 atom stereocenters. The van der Waals surface area contributed by atoms with Gasteiger partial charge in [0.1, 0.15) is 11.0 Å². The van der Waals surface area contributed by atoms with E-state index in [2.05, 4.69) is 10.6 Å². The van der Waals surface area contributed by atoms with Gasteiger partial charge in [0, 0.05) is 11.7 Å². The Bertz CT molecular complexity index is 1030. The Morgan fingerprint density at radius 3 is 2.15 bits per heavy atom. The van der Waals surface area contributed by atoms with E-state index in [1.807, 2.05) is 30.3 Å². The van der Waals surface area contributed by atoms with E-state index in [1.165, 1.54) is 38.1 Å². The fourth-order valence-electron chi connectivity index (χ4n) is 3.52. The Kier molecular flexibility index (Phi) is 9.10. The maximum Gasteiger partial charge on any atom is 0.407 e. The fourth-order valence-corrected chi connectivity index (χ4v) is 5.40. The van der Waals surface area contributed by atoms with Crippen molar-refractivity contribution in [1.82, 2.24) is 10.6 Å². The maximum atomic E-state index is 13.2. The number of rotatable bonds is 10. The molecular formula is C25H37N3O5S. The smallest absolute Gasteiger partial charge is 0.407 e. The van der Waals surface area contributed by atoms with E-state index in [9.17, 15) is 18.3 Å². The number of aliphatic hydroxyl groups is 1. The zero-order chi connectivity index (χ0) is 25.6. The molecule has 0 aliphatic heterocycles. The number of hydrogen-bond acceptors (Lipinski definition) is 7. The lowest BCUT2D eigenvalue weighted by molar-refractivity contribution is 0.0494. The number of nitrogen functional groups attached to an aromatic ring is 1. The Hall–Kier alpha value is -2.62.